The monoisotopic (exact) mass is 524 g/mol. The number of carbonyl (C=O) groups excluding carboxylic acids is 2. The first-order valence-electron chi connectivity index (χ1n) is 16.7. The van der Waals surface area contributed by atoms with Crippen LogP contribution in [-0.2, 0) is 19.1 Å². The Morgan fingerprint density at radius 1 is 0.579 bits per heavy atom. The quantitative estimate of drug-likeness (QED) is 0.307. The third kappa shape index (κ3) is 4.28. The van der Waals surface area contributed by atoms with Gasteiger partial charge in [-0.2, -0.15) is 0 Å². The molecule has 9 fully saturated rings. The maximum Gasteiger partial charge on any atom is 0.312 e. The molecule has 38 heavy (non-hydrogen) atoms. The summed E-state index contributed by atoms with van der Waals surface area (Å²) in [7, 11) is 0. The van der Waals surface area contributed by atoms with Crippen LogP contribution in [0.5, 0.6) is 0 Å². The third-order valence-corrected chi connectivity index (χ3v) is 13.6. The van der Waals surface area contributed by atoms with E-state index in [1.807, 2.05) is 0 Å². The normalized spacial score (nSPS) is 50.3. The van der Waals surface area contributed by atoms with E-state index in [-0.39, 0.29) is 22.8 Å². The Hall–Kier alpha value is -1.06. The van der Waals surface area contributed by atoms with Crippen LogP contribution in [0.1, 0.15) is 117 Å². The lowest BCUT2D eigenvalue weighted by molar-refractivity contribution is -0.180. The van der Waals surface area contributed by atoms with Crippen molar-refractivity contribution in [3.63, 3.8) is 0 Å². The van der Waals surface area contributed by atoms with Crippen molar-refractivity contribution >= 4 is 11.9 Å². The largest absolute Gasteiger partial charge is 0.465 e. The molecule has 0 saturated heterocycles. The van der Waals surface area contributed by atoms with E-state index in [9.17, 15) is 9.59 Å². The van der Waals surface area contributed by atoms with E-state index < -0.39 is 0 Å². The summed E-state index contributed by atoms with van der Waals surface area (Å²) in [6.07, 6.45) is 19.0. The predicted octanol–water partition coefficient (Wildman–Crippen LogP) is 7.58. The minimum absolute atomic E-state index is 0.142. The molecule has 9 saturated carbocycles. The Morgan fingerprint density at radius 2 is 0.921 bits per heavy atom. The minimum atomic E-state index is -0.151. The topological polar surface area (TPSA) is 52.6 Å². The molecule has 9 aliphatic carbocycles. The van der Waals surface area contributed by atoms with E-state index in [2.05, 4.69) is 13.8 Å². The predicted molar refractivity (Wildman–Crippen MR) is 147 cm³/mol. The van der Waals surface area contributed by atoms with Crippen LogP contribution in [0.15, 0.2) is 0 Å². The zero-order valence-electron chi connectivity index (χ0n) is 24.1. The van der Waals surface area contributed by atoms with Crippen molar-refractivity contribution in [3.8, 4) is 0 Å². The molecule has 0 radical (unpaired) electrons. The van der Waals surface area contributed by atoms with E-state index >= 15 is 0 Å². The van der Waals surface area contributed by atoms with Crippen molar-refractivity contribution in [2.24, 2.45) is 70.0 Å². The molecule has 4 nitrogen and oxygen atoms in total. The molecule has 0 aliphatic heterocycles. The fourth-order valence-corrected chi connectivity index (χ4v) is 12.4. The van der Waals surface area contributed by atoms with Gasteiger partial charge in [-0.1, -0.05) is 26.7 Å². The SMILES string of the molecule is CCC1C2CC3CC1CC(C(=O)OCC1CCC(COC(=O)C45CC6CC(C4)C(CC)C(C6)C5)CC1)(C3)C2. The molecule has 9 aliphatic rings. The molecule has 4 atom stereocenters. The summed E-state index contributed by atoms with van der Waals surface area (Å²) < 4.78 is 12.2. The van der Waals surface area contributed by atoms with Gasteiger partial charge in [-0.05, 0) is 149 Å². The summed E-state index contributed by atoms with van der Waals surface area (Å²) in [5.74, 6) is 7.57. The summed E-state index contributed by atoms with van der Waals surface area (Å²) in [6, 6.07) is 0. The molecular weight excluding hydrogens is 472 g/mol. The van der Waals surface area contributed by atoms with Gasteiger partial charge < -0.3 is 9.47 Å². The first-order valence-corrected chi connectivity index (χ1v) is 16.7. The summed E-state index contributed by atoms with van der Waals surface area (Å²) in [6.45, 7) is 5.91. The lowest BCUT2D eigenvalue weighted by Gasteiger charge is -2.59. The summed E-state index contributed by atoms with van der Waals surface area (Å²) in [5, 5.41) is 0. The number of carbonyl (C=O) groups is 2. The number of hydrogen-bond acceptors (Lipinski definition) is 4. The van der Waals surface area contributed by atoms with Crippen LogP contribution >= 0.6 is 0 Å². The maximum atomic E-state index is 13.4. The van der Waals surface area contributed by atoms with Gasteiger partial charge >= 0.3 is 11.9 Å². The molecule has 4 unspecified atom stereocenters. The highest BCUT2D eigenvalue weighted by Crippen LogP contribution is 2.64. The molecule has 8 bridgehead atoms. The molecule has 0 aromatic carbocycles. The van der Waals surface area contributed by atoms with Gasteiger partial charge in [0, 0.05) is 0 Å². The van der Waals surface area contributed by atoms with E-state index in [0.29, 0.717) is 25.0 Å². The van der Waals surface area contributed by atoms with E-state index in [4.69, 9.17) is 9.47 Å². The van der Waals surface area contributed by atoms with Crippen LogP contribution in [-0.4, -0.2) is 25.2 Å². The summed E-state index contributed by atoms with van der Waals surface area (Å²) in [4.78, 5) is 26.8. The lowest BCUT2D eigenvalue weighted by atomic mass is 9.46. The second kappa shape index (κ2) is 9.79. The highest BCUT2D eigenvalue weighted by atomic mass is 16.5. The van der Waals surface area contributed by atoms with Crippen molar-refractivity contribution in [3.05, 3.63) is 0 Å². The van der Waals surface area contributed by atoms with Gasteiger partial charge in [-0.3, -0.25) is 9.59 Å². The maximum absolute atomic E-state index is 13.4. The zero-order valence-corrected chi connectivity index (χ0v) is 24.1. The van der Waals surface area contributed by atoms with Gasteiger partial charge in [-0.25, -0.2) is 0 Å². The molecule has 9 rings (SSSR count). The van der Waals surface area contributed by atoms with Crippen LogP contribution < -0.4 is 0 Å². The lowest BCUT2D eigenvalue weighted by Crippen LogP contribution is -2.54. The van der Waals surface area contributed by atoms with Crippen LogP contribution in [0.4, 0.5) is 0 Å². The summed E-state index contributed by atoms with van der Waals surface area (Å²) in [5.41, 5.74) is -0.302. The standard InChI is InChI=1S/C34H52O4/c1-3-29-25-9-23-10-26(29)16-33(13-23,15-25)31(35)37-19-21-5-7-22(8-6-21)20-38-32(36)34-14-24-11-27(17-34)30(4-2)28(12-24)18-34/h21-30H,3-20H2,1-2H3. The average molecular weight is 525 g/mol. The van der Waals surface area contributed by atoms with Gasteiger partial charge in [-0.15, -0.1) is 0 Å². The van der Waals surface area contributed by atoms with E-state index in [0.717, 1.165) is 112 Å². The number of esters is 2. The molecule has 0 aromatic heterocycles. The smallest absolute Gasteiger partial charge is 0.312 e. The van der Waals surface area contributed by atoms with Gasteiger partial charge in [0.05, 0.1) is 24.0 Å². The average Bonchev–Trinajstić information content (AvgIpc) is 2.90. The zero-order chi connectivity index (χ0) is 26.1. The molecule has 212 valence electrons. The second-order valence-corrected chi connectivity index (χ2v) is 15.7. The van der Waals surface area contributed by atoms with Crippen LogP contribution in [0.2, 0.25) is 0 Å². The van der Waals surface area contributed by atoms with Crippen molar-refractivity contribution in [1.82, 2.24) is 0 Å². The Kier molecular flexibility index (Phi) is 6.67. The Balaban J connectivity index is 0.860. The fraction of sp³-hybridized carbons (Fsp3) is 0.941. The molecule has 0 spiro atoms. The van der Waals surface area contributed by atoms with Gasteiger partial charge in [0.1, 0.15) is 0 Å². The van der Waals surface area contributed by atoms with Crippen LogP contribution in [0.3, 0.4) is 0 Å². The Bertz CT molecular complexity index is 811. The number of hydrogen-bond donors (Lipinski definition) is 0. The van der Waals surface area contributed by atoms with Crippen LogP contribution in [0.25, 0.3) is 0 Å². The van der Waals surface area contributed by atoms with Gasteiger partial charge in [0.2, 0.25) is 0 Å². The third-order valence-electron chi connectivity index (χ3n) is 13.6. The Labute approximate surface area is 230 Å². The van der Waals surface area contributed by atoms with Crippen molar-refractivity contribution < 1.29 is 19.1 Å². The molecular formula is C34H52O4. The highest BCUT2D eigenvalue weighted by Gasteiger charge is 2.60. The van der Waals surface area contributed by atoms with Crippen LogP contribution in [0, 0.1) is 70.0 Å². The first kappa shape index (κ1) is 25.9. The van der Waals surface area contributed by atoms with Gasteiger partial charge in [0.15, 0.2) is 0 Å². The van der Waals surface area contributed by atoms with Crippen molar-refractivity contribution in [2.45, 2.75) is 117 Å². The molecule has 0 N–H and O–H groups in total. The van der Waals surface area contributed by atoms with Crippen molar-refractivity contribution in [1.29, 1.82) is 0 Å². The molecule has 4 heteroatoms. The fourth-order valence-electron chi connectivity index (χ4n) is 12.4. The minimum Gasteiger partial charge on any atom is -0.465 e. The molecule has 0 aromatic rings. The van der Waals surface area contributed by atoms with E-state index in [1.54, 1.807) is 0 Å². The molecule has 0 heterocycles. The highest BCUT2D eigenvalue weighted by molar-refractivity contribution is 5.78. The summed E-state index contributed by atoms with van der Waals surface area (Å²) >= 11 is 0. The Morgan fingerprint density at radius 3 is 1.24 bits per heavy atom. The second-order valence-electron chi connectivity index (χ2n) is 15.7. The van der Waals surface area contributed by atoms with Gasteiger partial charge in [0.25, 0.3) is 0 Å². The number of ether oxygens (including phenoxy) is 2. The van der Waals surface area contributed by atoms with Crippen molar-refractivity contribution in [2.75, 3.05) is 13.2 Å². The molecule has 0 amide bonds. The number of rotatable bonds is 8. The first-order chi connectivity index (χ1) is 18.4. The van der Waals surface area contributed by atoms with E-state index in [1.165, 1.54) is 38.5 Å².